The number of halogens is 1. The van der Waals surface area contributed by atoms with E-state index in [0.717, 1.165) is 6.42 Å². The Bertz CT molecular complexity index is 575. The van der Waals surface area contributed by atoms with Crippen molar-refractivity contribution in [1.82, 2.24) is 5.32 Å². The van der Waals surface area contributed by atoms with E-state index in [2.05, 4.69) is 31.4 Å². The molecule has 4 nitrogen and oxygen atoms in total. The lowest BCUT2D eigenvalue weighted by atomic mass is 9.81. The monoisotopic (exact) mass is 308 g/mol. The second-order valence-corrected chi connectivity index (χ2v) is 7.45. The number of amides is 2. The second-order valence-electron chi connectivity index (χ2n) is 7.45. The Labute approximate surface area is 131 Å². The van der Waals surface area contributed by atoms with Crippen molar-refractivity contribution in [2.24, 2.45) is 5.41 Å². The lowest BCUT2D eigenvalue weighted by Crippen LogP contribution is -2.45. The molecule has 0 saturated heterocycles. The molecule has 0 spiro atoms. The Morgan fingerprint density at radius 1 is 1.14 bits per heavy atom. The molecule has 0 atom stereocenters. The highest BCUT2D eigenvalue weighted by molar-refractivity contribution is 5.97. The van der Waals surface area contributed by atoms with Crippen LogP contribution in [-0.2, 0) is 4.79 Å². The van der Waals surface area contributed by atoms with Crippen LogP contribution in [-0.4, -0.2) is 17.4 Å². The van der Waals surface area contributed by atoms with Crippen molar-refractivity contribution < 1.29 is 14.0 Å². The van der Waals surface area contributed by atoms with Gasteiger partial charge in [-0.2, -0.15) is 0 Å². The first-order chi connectivity index (χ1) is 9.89. The molecule has 1 aromatic rings. The Morgan fingerprint density at radius 2 is 1.73 bits per heavy atom. The van der Waals surface area contributed by atoms with Crippen LogP contribution in [0.3, 0.4) is 0 Å². The molecular weight excluding hydrogens is 283 g/mol. The predicted molar refractivity (Wildman–Crippen MR) is 86.3 cm³/mol. The van der Waals surface area contributed by atoms with Gasteiger partial charge in [0.1, 0.15) is 5.82 Å². The molecule has 0 fully saturated rings. The van der Waals surface area contributed by atoms with Crippen LogP contribution in [0.2, 0.25) is 0 Å². The highest BCUT2D eigenvalue weighted by Crippen LogP contribution is 2.27. The van der Waals surface area contributed by atoms with Gasteiger partial charge in [0.25, 0.3) is 5.91 Å². The number of anilines is 1. The van der Waals surface area contributed by atoms with Crippen LogP contribution in [0, 0.1) is 11.2 Å². The van der Waals surface area contributed by atoms with Crippen molar-refractivity contribution in [2.75, 3.05) is 5.32 Å². The van der Waals surface area contributed by atoms with E-state index in [1.807, 2.05) is 13.8 Å². The van der Waals surface area contributed by atoms with Crippen LogP contribution >= 0.6 is 0 Å². The fraction of sp³-hybridized carbons (Fsp3) is 0.529. The number of hydrogen-bond acceptors (Lipinski definition) is 2. The largest absolute Gasteiger partial charge is 0.347 e. The summed E-state index contributed by atoms with van der Waals surface area (Å²) in [5.41, 5.74) is -0.000338. The molecule has 0 heterocycles. The summed E-state index contributed by atoms with van der Waals surface area (Å²) in [6.07, 6.45) is 0.797. The average molecular weight is 308 g/mol. The molecule has 0 saturated carbocycles. The Kier molecular flexibility index (Phi) is 5.33. The number of rotatable bonds is 4. The molecule has 0 aliphatic carbocycles. The van der Waals surface area contributed by atoms with Crippen molar-refractivity contribution in [3.8, 4) is 0 Å². The fourth-order valence-electron chi connectivity index (χ4n) is 2.70. The summed E-state index contributed by atoms with van der Waals surface area (Å²) in [6.45, 7) is 11.5. The summed E-state index contributed by atoms with van der Waals surface area (Å²) in [4.78, 5) is 23.4. The molecule has 2 N–H and O–H groups in total. The van der Waals surface area contributed by atoms with Crippen LogP contribution < -0.4 is 10.6 Å². The minimum Gasteiger partial charge on any atom is -0.347 e. The first kappa shape index (κ1) is 18.1. The first-order valence-electron chi connectivity index (χ1n) is 7.29. The lowest BCUT2D eigenvalue weighted by molar-refractivity contribution is -0.114. The summed E-state index contributed by atoms with van der Waals surface area (Å²) in [6, 6.07) is 3.93. The SMILES string of the molecule is CC(=O)Nc1cc(C(=O)NC(C)(C)CC(C)(C)C)ccc1F. The van der Waals surface area contributed by atoms with Crippen molar-refractivity contribution >= 4 is 17.5 Å². The molecule has 0 bridgehead atoms. The van der Waals surface area contributed by atoms with Gasteiger partial charge in [-0.25, -0.2) is 4.39 Å². The van der Waals surface area contributed by atoms with E-state index in [1.54, 1.807) is 0 Å². The van der Waals surface area contributed by atoms with Gasteiger partial charge in [0.05, 0.1) is 5.69 Å². The van der Waals surface area contributed by atoms with E-state index >= 15 is 0 Å². The standard InChI is InChI=1S/C17H25FN2O2/c1-11(21)19-14-9-12(7-8-13(14)18)15(22)20-17(5,6)10-16(2,3)4/h7-9H,10H2,1-6H3,(H,19,21)(H,20,22). The predicted octanol–water partition coefficient (Wildman–Crippen LogP) is 3.73. The number of carbonyl (C=O) groups is 2. The molecule has 0 aromatic heterocycles. The number of hydrogen-bond donors (Lipinski definition) is 2. The minimum absolute atomic E-state index is 0.00813. The van der Waals surface area contributed by atoms with E-state index < -0.39 is 11.4 Å². The molecule has 22 heavy (non-hydrogen) atoms. The van der Waals surface area contributed by atoms with Gasteiger partial charge in [-0.1, -0.05) is 20.8 Å². The van der Waals surface area contributed by atoms with Gasteiger partial charge in [-0.05, 0) is 43.9 Å². The number of benzene rings is 1. The highest BCUT2D eigenvalue weighted by atomic mass is 19.1. The molecule has 1 aromatic carbocycles. The van der Waals surface area contributed by atoms with Gasteiger partial charge in [0.15, 0.2) is 0 Å². The molecule has 2 amide bonds. The zero-order valence-electron chi connectivity index (χ0n) is 14.1. The smallest absolute Gasteiger partial charge is 0.251 e. The zero-order chi connectivity index (χ0) is 17.1. The summed E-state index contributed by atoms with van der Waals surface area (Å²) < 4.78 is 13.6. The molecule has 5 heteroatoms. The topological polar surface area (TPSA) is 58.2 Å². The summed E-state index contributed by atoms with van der Waals surface area (Å²) >= 11 is 0. The quantitative estimate of drug-likeness (QED) is 0.890. The summed E-state index contributed by atoms with van der Waals surface area (Å²) in [5, 5.41) is 5.33. The molecular formula is C17H25FN2O2. The van der Waals surface area contributed by atoms with Crippen molar-refractivity contribution in [1.29, 1.82) is 0 Å². The van der Waals surface area contributed by atoms with Crippen molar-refractivity contribution in [3.63, 3.8) is 0 Å². The van der Waals surface area contributed by atoms with E-state index in [1.165, 1.54) is 25.1 Å². The lowest BCUT2D eigenvalue weighted by Gasteiger charge is -2.33. The highest BCUT2D eigenvalue weighted by Gasteiger charge is 2.27. The Morgan fingerprint density at radius 3 is 2.23 bits per heavy atom. The first-order valence-corrected chi connectivity index (χ1v) is 7.29. The third-order valence-corrected chi connectivity index (χ3v) is 2.96. The fourth-order valence-corrected chi connectivity index (χ4v) is 2.70. The van der Waals surface area contributed by atoms with E-state index in [-0.39, 0.29) is 22.9 Å². The van der Waals surface area contributed by atoms with Gasteiger partial charge < -0.3 is 10.6 Å². The van der Waals surface area contributed by atoms with Crippen LogP contribution in [0.25, 0.3) is 0 Å². The minimum atomic E-state index is -0.569. The van der Waals surface area contributed by atoms with E-state index in [4.69, 9.17) is 0 Å². The normalized spacial score (nSPS) is 12.0. The molecule has 0 unspecified atom stereocenters. The maximum Gasteiger partial charge on any atom is 0.251 e. The molecule has 1 rings (SSSR count). The van der Waals surface area contributed by atoms with Crippen LogP contribution in [0.4, 0.5) is 10.1 Å². The van der Waals surface area contributed by atoms with Gasteiger partial charge >= 0.3 is 0 Å². The van der Waals surface area contributed by atoms with Gasteiger partial charge in [0.2, 0.25) is 5.91 Å². The maximum absolute atomic E-state index is 13.6. The summed E-state index contributed by atoms with van der Waals surface area (Å²) in [7, 11) is 0. The van der Waals surface area contributed by atoms with Crippen LogP contribution in [0.5, 0.6) is 0 Å². The average Bonchev–Trinajstić information content (AvgIpc) is 2.27. The van der Waals surface area contributed by atoms with Gasteiger partial charge in [0, 0.05) is 18.0 Å². The van der Waals surface area contributed by atoms with E-state index in [9.17, 15) is 14.0 Å². The van der Waals surface area contributed by atoms with Gasteiger partial charge in [-0.15, -0.1) is 0 Å². The number of nitrogens with one attached hydrogen (secondary N) is 2. The molecule has 122 valence electrons. The van der Waals surface area contributed by atoms with Crippen molar-refractivity contribution in [2.45, 2.75) is 53.5 Å². The third-order valence-electron chi connectivity index (χ3n) is 2.96. The van der Waals surface area contributed by atoms with Crippen LogP contribution in [0.15, 0.2) is 18.2 Å². The summed E-state index contributed by atoms with van der Waals surface area (Å²) in [5.74, 6) is -1.24. The Hall–Kier alpha value is -1.91. The molecule has 0 aliphatic heterocycles. The van der Waals surface area contributed by atoms with Gasteiger partial charge in [-0.3, -0.25) is 9.59 Å². The Balaban J connectivity index is 2.92. The second kappa shape index (κ2) is 6.46. The molecule has 0 aliphatic rings. The number of carbonyl (C=O) groups excluding carboxylic acids is 2. The van der Waals surface area contributed by atoms with Crippen LogP contribution in [0.1, 0.15) is 58.3 Å². The third kappa shape index (κ3) is 5.84. The molecule has 0 radical (unpaired) electrons. The maximum atomic E-state index is 13.6. The van der Waals surface area contributed by atoms with Crippen molar-refractivity contribution in [3.05, 3.63) is 29.6 Å². The van der Waals surface area contributed by atoms with E-state index in [0.29, 0.717) is 5.56 Å². The zero-order valence-corrected chi connectivity index (χ0v) is 14.1.